The van der Waals surface area contributed by atoms with E-state index < -0.39 is 23.3 Å². The van der Waals surface area contributed by atoms with Crippen molar-refractivity contribution in [2.45, 2.75) is 52.2 Å². The van der Waals surface area contributed by atoms with Crippen LogP contribution in [0.1, 0.15) is 55.2 Å². The molecule has 1 aliphatic rings. The molecule has 0 spiro atoms. The van der Waals surface area contributed by atoms with Gasteiger partial charge < -0.3 is 18.8 Å². The predicted molar refractivity (Wildman–Crippen MR) is 148 cm³/mol. The number of aromatic nitrogens is 2. The maximum absolute atomic E-state index is 15.6. The molecular weight excluding hydrogens is 498 g/mol. The van der Waals surface area contributed by atoms with Crippen molar-refractivity contribution in [3.8, 4) is 11.1 Å². The fourth-order valence-electron chi connectivity index (χ4n) is 6.13. The Morgan fingerprint density at radius 1 is 1.03 bits per heavy atom. The Balaban J connectivity index is 1.73. The summed E-state index contributed by atoms with van der Waals surface area (Å²) < 4.78 is 44.5. The first-order chi connectivity index (χ1) is 18.6. The summed E-state index contributed by atoms with van der Waals surface area (Å²) >= 11 is 0. The average molecular weight is 531 g/mol. The molecule has 2 aromatic carbocycles. The molecule has 0 radical (unpaired) electrons. The fourth-order valence-corrected chi connectivity index (χ4v) is 6.13. The molecule has 1 aliphatic heterocycles. The minimum Gasteiger partial charge on any atom is -0.469 e. The van der Waals surface area contributed by atoms with Gasteiger partial charge in [-0.1, -0.05) is 18.2 Å². The highest BCUT2D eigenvalue weighted by atomic mass is 19.1. The number of hydrogen-bond donors (Lipinski definition) is 1. The summed E-state index contributed by atoms with van der Waals surface area (Å²) in [6.07, 6.45) is 4.88. The second-order valence-corrected chi connectivity index (χ2v) is 11.1. The van der Waals surface area contributed by atoms with Crippen molar-refractivity contribution in [1.29, 1.82) is 0 Å². The summed E-state index contributed by atoms with van der Waals surface area (Å²) in [4.78, 5) is 4.89. The van der Waals surface area contributed by atoms with Gasteiger partial charge in [0.05, 0.1) is 34.5 Å². The van der Waals surface area contributed by atoms with E-state index in [-0.39, 0.29) is 11.5 Å². The Hall–Kier alpha value is -3.55. The van der Waals surface area contributed by atoms with Crippen LogP contribution < -0.4 is 0 Å². The van der Waals surface area contributed by atoms with E-state index in [1.165, 1.54) is 18.2 Å². The van der Waals surface area contributed by atoms with E-state index in [9.17, 15) is 5.11 Å². The van der Waals surface area contributed by atoms with Crippen LogP contribution in [0.15, 0.2) is 59.3 Å². The molecule has 1 saturated heterocycles. The number of benzene rings is 2. The highest BCUT2D eigenvalue weighted by Crippen LogP contribution is 2.43. The van der Waals surface area contributed by atoms with Gasteiger partial charge in [0.1, 0.15) is 17.4 Å². The molecule has 0 aliphatic carbocycles. The Morgan fingerprint density at radius 2 is 1.74 bits per heavy atom. The number of ether oxygens (including phenoxy) is 1. The van der Waals surface area contributed by atoms with Crippen molar-refractivity contribution in [3.63, 3.8) is 0 Å². The lowest BCUT2D eigenvalue weighted by molar-refractivity contribution is 0.0543. The number of aryl methyl sites for hydroxylation is 2. The SMILES string of the molecule is Cc1coc(C)c1-c1cnc2c3ccc(C(C)(C)O)cc3n(C(c3c(F)cccc3F)C3CCOCC3)c2c1. The van der Waals surface area contributed by atoms with Gasteiger partial charge >= 0.3 is 0 Å². The smallest absolute Gasteiger partial charge is 0.131 e. The van der Waals surface area contributed by atoms with Crippen LogP contribution in [-0.2, 0) is 10.3 Å². The highest BCUT2D eigenvalue weighted by molar-refractivity contribution is 6.07. The van der Waals surface area contributed by atoms with Gasteiger partial charge in [0.25, 0.3) is 0 Å². The van der Waals surface area contributed by atoms with Crippen molar-refractivity contribution in [2.24, 2.45) is 5.92 Å². The molecule has 5 aromatic rings. The minimum atomic E-state index is -1.10. The highest BCUT2D eigenvalue weighted by Gasteiger charge is 2.34. The van der Waals surface area contributed by atoms with Crippen LogP contribution >= 0.6 is 0 Å². The number of nitrogens with zero attached hydrogens (tertiary/aromatic N) is 2. The summed E-state index contributed by atoms with van der Waals surface area (Å²) in [6.45, 7) is 8.42. The fraction of sp³-hybridized carbons (Fsp3) is 0.344. The maximum atomic E-state index is 15.6. The van der Waals surface area contributed by atoms with Crippen molar-refractivity contribution in [1.82, 2.24) is 9.55 Å². The summed E-state index contributed by atoms with van der Waals surface area (Å²) in [5.74, 6) is -0.450. The molecule has 4 heterocycles. The third-order valence-corrected chi connectivity index (χ3v) is 8.08. The number of aliphatic hydroxyl groups is 1. The van der Waals surface area contributed by atoms with Gasteiger partial charge in [-0.3, -0.25) is 4.98 Å². The third-order valence-electron chi connectivity index (χ3n) is 8.08. The quantitative estimate of drug-likeness (QED) is 0.254. The van der Waals surface area contributed by atoms with Crippen LogP contribution in [0.25, 0.3) is 33.1 Å². The van der Waals surface area contributed by atoms with Gasteiger partial charge in [-0.05, 0) is 81.8 Å². The van der Waals surface area contributed by atoms with E-state index >= 15 is 8.78 Å². The zero-order chi connectivity index (χ0) is 27.5. The van der Waals surface area contributed by atoms with Gasteiger partial charge in [0.15, 0.2) is 0 Å². The maximum Gasteiger partial charge on any atom is 0.131 e. The predicted octanol–water partition coefficient (Wildman–Crippen LogP) is 7.59. The van der Waals surface area contributed by atoms with Crippen molar-refractivity contribution < 1.29 is 23.0 Å². The van der Waals surface area contributed by atoms with Crippen LogP contribution in [0, 0.1) is 31.4 Å². The molecule has 1 unspecified atom stereocenters. The van der Waals surface area contributed by atoms with Crippen molar-refractivity contribution in [3.05, 3.63) is 89.0 Å². The van der Waals surface area contributed by atoms with E-state index in [0.29, 0.717) is 31.6 Å². The monoisotopic (exact) mass is 530 g/mol. The molecule has 1 atom stereocenters. The molecule has 1 fully saturated rings. The van der Waals surface area contributed by atoms with Gasteiger partial charge in [0, 0.05) is 41.5 Å². The van der Waals surface area contributed by atoms with E-state index in [2.05, 4.69) is 0 Å². The number of fused-ring (bicyclic) bond motifs is 3. The van der Waals surface area contributed by atoms with Gasteiger partial charge in [-0.2, -0.15) is 0 Å². The number of furan rings is 1. The molecule has 0 bridgehead atoms. The molecule has 7 heteroatoms. The Morgan fingerprint density at radius 3 is 2.38 bits per heavy atom. The molecule has 0 amide bonds. The summed E-state index contributed by atoms with van der Waals surface area (Å²) in [5, 5.41) is 11.7. The van der Waals surface area contributed by atoms with Gasteiger partial charge in [0.2, 0.25) is 0 Å². The normalized spacial score (nSPS) is 15.9. The molecule has 202 valence electrons. The van der Waals surface area contributed by atoms with Crippen LogP contribution in [0.5, 0.6) is 0 Å². The molecule has 5 nitrogen and oxygen atoms in total. The first-order valence-corrected chi connectivity index (χ1v) is 13.4. The lowest BCUT2D eigenvalue weighted by atomic mass is 9.86. The number of rotatable bonds is 5. The lowest BCUT2D eigenvalue weighted by Crippen LogP contribution is -2.28. The first-order valence-electron chi connectivity index (χ1n) is 13.4. The van der Waals surface area contributed by atoms with Crippen LogP contribution in [0.3, 0.4) is 0 Å². The van der Waals surface area contributed by atoms with Crippen LogP contribution in [0.4, 0.5) is 8.78 Å². The second kappa shape index (κ2) is 9.57. The van der Waals surface area contributed by atoms with Crippen LogP contribution in [0.2, 0.25) is 0 Å². The molecule has 3 aromatic heterocycles. The minimum absolute atomic E-state index is 0.0398. The van der Waals surface area contributed by atoms with E-state index in [4.69, 9.17) is 14.1 Å². The zero-order valence-corrected chi connectivity index (χ0v) is 22.6. The standard InChI is InChI=1S/C32H32F2N2O3/c1-18-17-39-19(2)28(18)21-14-27-30(35-16-21)23-9-8-22(32(3,4)37)15-26(23)36(27)31(20-10-12-38-13-11-20)29-24(33)6-5-7-25(29)34/h5-9,14-17,20,31,37H,10-13H2,1-4H3. The summed E-state index contributed by atoms with van der Waals surface area (Å²) in [5.41, 5.74) is 4.75. The summed E-state index contributed by atoms with van der Waals surface area (Å²) in [7, 11) is 0. The average Bonchev–Trinajstić information content (AvgIpc) is 3.41. The van der Waals surface area contributed by atoms with Crippen molar-refractivity contribution in [2.75, 3.05) is 13.2 Å². The van der Waals surface area contributed by atoms with E-state index in [1.54, 1.807) is 20.1 Å². The van der Waals surface area contributed by atoms with Crippen molar-refractivity contribution >= 4 is 21.9 Å². The number of halogens is 2. The summed E-state index contributed by atoms with van der Waals surface area (Å²) in [6, 6.07) is 11.2. The van der Waals surface area contributed by atoms with Crippen LogP contribution in [-0.4, -0.2) is 27.9 Å². The number of pyridine rings is 1. The number of hydrogen-bond acceptors (Lipinski definition) is 4. The Kier molecular flexibility index (Phi) is 6.31. The molecule has 39 heavy (non-hydrogen) atoms. The zero-order valence-electron chi connectivity index (χ0n) is 22.6. The largest absolute Gasteiger partial charge is 0.469 e. The molecule has 1 N–H and O–H groups in total. The molecule has 0 saturated carbocycles. The topological polar surface area (TPSA) is 60.4 Å². The first kappa shape index (κ1) is 25.7. The lowest BCUT2D eigenvalue weighted by Gasteiger charge is -2.33. The molecular formula is C32H32F2N2O3. The third kappa shape index (κ3) is 4.34. The molecule has 6 rings (SSSR count). The Labute approximate surface area is 226 Å². The van der Waals surface area contributed by atoms with E-state index in [1.807, 2.05) is 48.9 Å². The Bertz CT molecular complexity index is 1650. The second-order valence-electron chi connectivity index (χ2n) is 11.1. The van der Waals surface area contributed by atoms with Gasteiger partial charge in [-0.25, -0.2) is 8.78 Å². The van der Waals surface area contributed by atoms with Gasteiger partial charge in [-0.15, -0.1) is 0 Å². The van der Waals surface area contributed by atoms with E-state index in [0.717, 1.165) is 44.4 Å².